The first-order valence-corrected chi connectivity index (χ1v) is 23.1. The molecule has 0 radical (unpaired) electrons. The summed E-state index contributed by atoms with van der Waals surface area (Å²) in [5.74, 6) is 0. The molecule has 0 unspecified atom stereocenters. The second-order valence-corrected chi connectivity index (χ2v) is 17.6. The van der Waals surface area contributed by atoms with Crippen molar-refractivity contribution >= 4 is 49.8 Å². The topological polar surface area (TPSA) is 16.4 Å². The van der Waals surface area contributed by atoms with Crippen molar-refractivity contribution in [3.63, 3.8) is 0 Å². The molecule has 0 bridgehead atoms. The van der Waals surface area contributed by atoms with Gasteiger partial charge in [0.15, 0.2) is 0 Å². The number of fused-ring (bicyclic) bond motifs is 7. The first kappa shape index (κ1) is 38.7. The second kappa shape index (κ2) is 15.8. The third-order valence-electron chi connectivity index (χ3n) is 14.0. The first-order valence-electron chi connectivity index (χ1n) is 23.1. The zero-order chi connectivity index (χ0) is 44.3. The van der Waals surface area contributed by atoms with Crippen molar-refractivity contribution in [3.8, 4) is 44.5 Å². The fourth-order valence-electron chi connectivity index (χ4n) is 10.8. The molecule has 0 spiro atoms. The van der Waals surface area contributed by atoms with Crippen molar-refractivity contribution in [1.82, 2.24) is 0 Å². The van der Waals surface area contributed by atoms with Crippen LogP contribution in [0.5, 0.6) is 0 Å². The largest absolute Gasteiger partial charge is 0.456 e. The summed E-state index contributed by atoms with van der Waals surface area (Å²) in [5, 5.41) is 4.75. The van der Waals surface area contributed by atoms with E-state index < -0.39 is 5.41 Å². The lowest BCUT2D eigenvalue weighted by Crippen LogP contribution is -2.28. The Balaban J connectivity index is 0.975. The molecule has 314 valence electrons. The van der Waals surface area contributed by atoms with Gasteiger partial charge < -0.3 is 9.32 Å². The molecule has 1 aromatic heterocycles. The molecule has 1 aliphatic rings. The van der Waals surface area contributed by atoms with Crippen molar-refractivity contribution in [2.45, 2.75) is 5.41 Å². The molecule has 0 aliphatic heterocycles. The maximum Gasteiger partial charge on any atom is 0.136 e. The SMILES string of the molecule is c1ccc(C2(c3ccccc3)c3ccccc3-c3ccc(N(c4ccc(-c5ccc(-c6ccc7ccccc7c6)cc5)cc4)c4ccccc4-c4ccc5c(c4)oc4ccccc45)cc32)cc1. The Kier molecular flexibility index (Phi) is 9.11. The lowest BCUT2D eigenvalue weighted by Gasteiger charge is -2.35. The van der Waals surface area contributed by atoms with E-state index in [0.29, 0.717) is 0 Å². The van der Waals surface area contributed by atoms with Crippen LogP contribution in [0.2, 0.25) is 0 Å². The van der Waals surface area contributed by atoms with E-state index in [-0.39, 0.29) is 0 Å². The Morgan fingerprint density at radius 1 is 0.299 bits per heavy atom. The second-order valence-electron chi connectivity index (χ2n) is 17.6. The number of hydrogen-bond donors (Lipinski definition) is 0. The highest BCUT2D eigenvalue weighted by molar-refractivity contribution is 6.06. The molecule has 0 N–H and O–H groups in total. The highest BCUT2D eigenvalue weighted by atomic mass is 16.3. The molecule has 11 aromatic carbocycles. The van der Waals surface area contributed by atoms with Crippen molar-refractivity contribution in [3.05, 3.63) is 283 Å². The Morgan fingerprint density at radius 3 is 1.60 bits per heavy atom. The van der Waals surface area contributed by atoms with E-state index in [2.05, 4.69) is 254 Å². The van der Waals surface area contributed by atoms with Crippen LogP contribution in [0.1, 0.15) is 22.3 Å². The molecule has 13 rings (SSSR count). The van der Waals surface area contributed by atoms with E-state index in [1.54, 1.807) is 0 Å². The molecule has 1 heterocycles. The van der Waals surface area contributed by atoms with Gasteiger partial charge in [-0.1, -0.05) is 206 Å². The fourth-order valence-corrected chi connectivity index (χ4v) is 10.8. The summed E-state index contributed by atoms with van der Waals surface area (Å²) < 4.78 is 6.46. The molecule has 0 saturated carbocycles. The lowest BCUT2D eigenvalue weighted by atomic mass is 9.67. The van der Waals surface area contributed by atoms with Crippen molar-refractivity contribution in [1.29, 1.82) is 0 Å². The van der Waals surface area contributed by atoms with Crippen LogP contribution in [0.25, 0.3) is 77.2 Å². The predicted molar refractivity (Wildman–Crippen MR) is 280 cm³/mol. The van der Waals surface area contributed by atoms with Crippen LogP contribution in [0.4, 0.5) is 17.1 Å². The minimum absolute atomic E-state index is 0.537. The normalized spacial score (nSPS) is 12.6. The van der Waals surface area contributed by atoms with Gasteiger partial charge in [-0.3, -0.25) is 0 Å². The Morgan fingerprint density at radius 2 is 0.836 bits per heavy atom. The van der Waals surface area contributed by atoms with Crippen molar-refractivity contribution < 1.29 is 4.42 Å². The highest BCUT2D eigenvalue weighted by Gasteiger charge is 2.46. The molecule has 0 atom stereocenters. The van der Waals surface area contributed by atoms with Crippen LogP contribution in [-0.2, 0) is 5.41 Å². The minimum atomic E-state index is -0.537. The Bertz CT molecular complexity index is 3750. The molecule has 12 aromatic rings. The van der Waals surface area contributed by atoms with Crippen molar-refractivity contribution in [2.24, 2.45) is 0 Å². The number of benzene rings is 11. The van der Waals surface area contributed by atoms with E-state index in [1.165, 1.54) is 60.8 Å². The van der Waals surface area contributed by atoms with E-state index in [0.717, 1.165) is 55.7 Å². The summed E-state index contributed by atoms with van der Waals surface area (Å²) in [6, 6.07) is 95.1. The smallest absolute Gasteiger partial charge is 0.136 e. The van der Waals surface area contributed by atoms with E-state index in [1.807, 2.05) is 12.1 Å². The van der Waals surface area contributed by atoms with Gasteiger partial charge in [-0.2, -0.15) is 0 Å². The number of rotatable bonds is 8. The van der Waals surface area contributed by atoms with Gasteiger partial charge in [0, 0.05) is 27.7 Å². The first-order chi connectivity index (χ1) is 33.2. The molecular weight excluding hydrogens is 811 g/mol. The summed E-state index contributed by atoms with van der Waals surface area (Å²) in [4.78, 5) is 2.44. The van der Waals surface area contributed by atoms with Crippen LogP contribution in [0.3, 0.4) is 0 Å². The zero-order valence-electron chi connectivity index (χ0n) is 36.7. The van der Waals surface area contributed by atoms with Gasteiger partial charge in [0.25, 0.3) is 0 Å². The quantitative estimate of drug-likeness (QED) is 0.151. The number of furan rings is 1. The highest BCUT2D eigenvalue weighted by Crippen LogP contribution is 2.57. The molecule has 0 amide bonds. The van der Waals surface area contributed by atoms with E-state index in [9.17, 15) is 0 Å². The number of hydrogen-bond acceptors (Lipinski definition) is 2. The van der Waals surface area contributed by atoms with Crippen LogP contribution in [0.15, 0.2) is 265 Å². The van der Waals surface area contributed by atoms with E-state index in [4.69, 9.17) is 4.42 Å². The van der Waals surface area contributed by atoms with Gasteiger partial charge in [0.05, 0.1) is 11.1 Å². The van der Waals surface area contributed by atoms with Gasteiger partial charge in [0.1, 0.15) is 11.2 Å². The maximum absolute atomic E-state index is 6.46. The zero-order valence-corrected chi connectivity index (χ0v) is 36.7. The summed E-state index contributed by atoms with van der Waals surface area (Å²) in [7, 11) is 0. The van der Waals surface area contributed by atoms with Crippen LogP contribution in [0, 0.1) is 0 Å². The van der Waals surface area contributed by atoms with Gasteiger partial charge in [-0.25, -0.2) is 0 Å². The average Bonchev–Trinajstić information content (AvgIpc) is 3.93. The average molecular weight is 854 g/mol. The van der Waals surface area contributed by atoms with Gasteiger partial charge in [0.2, 0.25) is 0 Å². The van der Waals surface area contributed by atoms with Crippen LogP contribution >= 0.6 is 0 Å². The molecule has 67 heavy (non-hydrogen) atoms. The summed E-state index contributed by atoms with van der Waals surface area (Å²) >= 11 is 0. The Labute approximate surface area is 390 Å². The van der Waals surface area contributed by atoms with Gasteiger partial charge in [-0.05, 0) is 127 Å². The fraction of sp³-hybridized carbons (Fsp3) is 0.0154. The molecule has 0 fully saturated rings. The lowest BCUT2D eigenvalue weighted by molar-refractivity contribution is 0.669. The van der Waals surface area contributed by atoms with E-state index >= 15 is 0 Å². The molecule has 2 nitrogen and oxygen atoms in total. The molecule has 2 heteroatoms. The predicted octanol–water partition coefficient (Wildman–Crippen LogP) is 17.6. The monoisotopic (exact) mass is 853 g/mol. The molecular formula is C65H43NO. The van der Waals surface area contributed by atoms with Gasteiger partial charge >= 0.3 is 0 Å². The van der Waals surface area contributed by atoms with Crippen LogP contribution in [-0.4, -0.2) is 0 Å². The summed E-state index contributed by atoms with van der Waals surface area (Å²) in [6.07, 6.45) is 0. The standard InChI is InChI=1S/C65H43NO/c1-3-17-51(18-4-1)65(52-19-5-2-6-20-52)60-24-12-9-22-56(60)57-40-38-54(43-61(57)65)66(62-25-13-10-21-55(62)50-35-39-59-58-23-11-14-26-63(58)67-64(59)42-50)53-36-33-46(34-37-53)45-27-29-47(30-28-45)49-32-31-44-15-7-8-16-48(44)41-49/h1-43H. The summed E-state index contributed by atoms with van der Waals surface area (Å²) in [6.45, 7) is 0. The number of nitrogens with zero attached hydrogens (tertiary/aromatic N) is 1. The minimum Gasteiger partial charge on any atom is -0.456 e. The maximum atomic E-state index is 6.46. The Hall–Kier alpha value is -8.72. The number of anilines is 3. The molecule has 0 saturated heterocycles. The third kappa shape index (κ3) is 6.33. The van der Waals surface area contributed by atoms with Crippen LogP contribution < -0.4 is 4.90 Å². The van der Waals surface area contributed by atoms with Gasteiger partial charge in [-0.15, -0.1) is 0 Å². The summed E-state index contributed by atoms with van der Waals surface area (Å²) in [5.41, 5.74) is 19.0. The molecule has 1 aliphatic carbocycles. The van der Waals surface area contributed by atoms with Crippen molar-refractivity contribution in [2.75, 3.05) is 4.90 Å². The third-order valence-corrected chi connectivity index (χ3v) is 14.0. The number of para-hydroxylation sites is 2.